The van der Waals surface area contributed by atoms with Gasteiger partial charge in [0.05, 0.1) is 0 Å². The summed E-state index contributed by atoms with van der Waals surface area (Å²) in [4.78, 5) is 37.0. The Morgan fingerprint density at radius 3 is 2.12 bits per heavy atom. The molecule has 0 spiro atoms. The number of nitrogens with one attached hydrogen (secondary N) is 3. The monoisotopic (exact) mass is 328 g/mol. The molecule has 3 N–H and O–H groups in total. The van der Waals surface area contributed by atoms with Crippen LogP contribution in [0.5, 0.6) is 0 Å². The maximum atomic E-state index is 12.7. The molecule has 2 rings (SSSR count). The van der Waals surface area contributed by atoms with Gasteiger partial charge in [-0.2, -0.15) is 5.01 Å². The van der Waals surface area contributed by atoms with Crippen LogP contribution < -0.4 is 21.5 Å². The number of carbonyl (C=O) groups excluding carboxylic acids is 3. The molecule has 1 aromatic rings. The second kappa shape index (κ2) is 6.55. The van der Waals surface area contributed by atoms with E-state index in [-0.39, 0.29) is 11.8 Å². The summed E-state index contributed by atoms with van der Waals surface area (Å²) in [7, 11) is 5.58. The second-order valence-corrected chi connectivity index (χ2v) is 6.44. The van der Waals surface area contributed by atoms with Crippen LogP contribution in [0.3, 0.4) is 0 Å². The molecule has 8 heteroatoms. The molecular formula is C16H21BN4O3. The van der Waals surface area contributed by atoms with Crippen molar-refractivity contribution in [3.8, 4) is 0 Å². The molecule has 1 aliphatic heterocycles. The highest BCUT2D eigenvalue weighted by molar-refractivity contribution is 6.32. The minimum Gasteiger partial charge on any atom is -0.321 e. The summed E-state index contributed by atoms with van der Waals surface area (Å²) in [5, 5.41) is 5.99. The van der Waals surface area contributed by atoms with Gasteiger partial charge in [0.2, 0.25) is 0 Å². The van der Waals surface area contributed by atoms with Crippen LogP contribution in [0.4, 0.5) is 15.3 Å². The van der Waals surface area contributed by atoms with Crippen molar-refractivity contribution in [2.45, 2.75) is 33.2 Å². The first kappa shape index (κ1) is 17.8. The largest absolute Gasteiger partial charge is 0.344 e. The van der Waals surface area contributed by atoms with Crippen LogP contribution in [-0.2, 0) is 4.79 Å². The fourth-order valence-electron chi connectivity index (χ4n) is 2.94. The van der Waals surface area contributed by atoms with Gasteiger partial charge in [-0.05, 0) is 24.0 Å². The highest BCUT2D eigenvalue weighted by atomic mass is 16.2. The van der Waals surface area contributed by atoms with E-state index in [4.69, 9.17) is 7.85 Å². The molecule has 2 radical (unpaired) electrons. The number of hydrogen-bond donors (Lipinski definition) is 3. The maximum absolute atomic E-state index is 12.7. The molecule has 126 valence electrons. The predicted molar refractivity (Wildman–Crippen MR) is 91.8 cm³/mol. The summed E-state index contributed by atoms with van der Waals surface area (Å²) in [6.07, 6.45) is 0. The van der Waals surface area contributed by atoms with Gasteiger partial charge in [0, 0.05) is 5.69 Å². The molecule has 1 saturated heterocycles. The van der Waals surface area contributed by atoms with Gasteiger partial charge in [-0.1, -0.05) is 45.3 Å². The lowest BCUT2D eigenvalue weighted by Crippen LogP contribution is -2.57. The molecule has 0 bridgehead atoms. The Morgan fingerprint density at radius 2 is 1.67 bits per heavy atom. The van der Waals surface area contributed by atoms with Crippen molar-refractivity contribution in [1.29, 1.82) is 0 Å². The lowest BCUT2D eigenvalue weighted by molar-refractivity contribution is -0.136. The fraction of sp³-hybridized carbons (Fsp3) is 0.438. The minimum absolute atomic E-state index is 0.124. The number of carbonyl (C=O) groups is 3. The van der Waals surface area contributed by atoms with E-state index in [1.165, 1.54) is 0 Å². The summed E-state index contributed by atoms with van der Waals surface area (Å²) in [6.45, 7) is 7.43. The Balaban J connectivity index is 2.12. The molecule has 24 heavy (non-hydrogen) atoms. The number of rotatable bonds is 4. The molecule has 1 aromatic carbocycles. The number of hydrazine groups is 1. The van der Waals surface area contributed by atoms with E-state index in [1.807, 2.05) is 27.7 Å². The summed E-state index contributed by atoms with van der Waals surface area (Å²) < 4.78 is 0. The van der Waals surface area contributed by atoms with Crippen molar-refractivity contribution in [3.63, 3.8) is 0 Å². The molecule has 0 aromatic heterocycles. The molecule has 0 aliphatic carbocycles. The first-order chi connectivity index (χ1) is 11.2. The third kappa shape index (κ3) is 3.08. The van der Waals surface area contributed by atoms with Crippen molar-refractivity contribution in [2.24, 2.45) is 11.8 Å². The summed E-state index contributed by atoms with van der Waals surface area (Å²) in [5.41, 5.74) is 2.32. The summed E-state index contributed by atoms with van der Waals surface area (Å²) >= 11 is 0. The lowest BCUT2D eigenvalue weighted by Gasteiger charge is -2.34. The number of benzene rings is 1. The van der Waals surface area contributed by atoms with Crippen LogP contribution in [0.25, 0.3) is 0 Å². The normalized spacial score (nSPS) is 16.5. The minimum atomic E-state index is -1.04. The smallest absolute Gasteiger partial charge is 0.321 e. The van der Waals surface area contributed by atoms with Gasteiger partial charge in [-0.15, -0.1) is 0 Å². The summed E-state index contributed by atoms with van der Waals surface area (Å²) in [6, 6.07) is 5.17. The lowest BCUT2D eigenvalue weighted by atomic mass is 9.77. The quantitative estimate of drug-likeness (QED) is 0.571. The topological polar surface area (TPSA) is 90.5 Å². The van der Waals surface area contributed by atoms with Crippen LogP contribution in [0.1, 0.15) is 27.7 Å². The van der Waals surface area contributed by atoms with Crippen molar-refractivity contribution in [1.82, 2.24) is 15.8 Å². The average molecular weight is 328 g/mol. The first-order valence-electron chi connectivity index (χ1n) is 7.78. The van der Waals surface area contributed by atoms with E-state index in [0.717, 1.165) is 5.01 Å². The van der Waals surface area contributed by atoms with E-state index in [0.29, 0.717) is 11.2 Å². The number of imide groups is 1. The Bertz CT molecular complexity index is 650. The molecule has 5 amide bonds. The van der Waals surface area contributed by atoms with Crippen LogP contribution in [0, 0.1) is 11.8 Å². The third-order valence-corrected chi connectivity index (χ3v) is 4.28. The van der Waals surface area contributed by atoms with Gasteiger partial charge >= 0.3 is 12.1 Å². The van der Waals surface area contributed by atoms with Crippen LogP contribution >= 0.6 is 0 Å². The average Bonchev–Trinajstić information content (AvgIpc) is 2.75. The zero-order valence-corrected chi connectivity index (χ0v) is 14.2. The van der Waals surface area contributed by atoms with E-state index < -0.39 is 23.5 Å². The van der Waals surface area contributed by atoms with Crippen molar-refractivity contribution in [3.05, 3.63) is 24.3 Å². The van der Waals surface area contributed by atoms with E-state index in [1.54, 1.807) is 24.3 Å². The van der Waals surface area contributed by atoms with Gasteiger partial charge in [0.25, 0.3) is 5.91 Å². The van der Waals surface area contributed by atoms with Gasteiger partial charge in [0.15, 0.2) is 0 Å². The molecule has 1 fully saturated rings. The van der Waals surface area contributed by atoms with Crippen molar-refractivity contribution < 1.29 is 14.4 Å². The van der Waals surface area contributed by atoms with E-state index >= 15 is 0 Å². The number of nitrogens with zero attached hydrogens (tertiary/aromatic N) is 1. The third-order valence-electron chi connectivity index (χ3n) is 4.28. The molecule has 0 atom stereocenters. The molecule has 7 nitrogen and oxygen atoms in total. The zero-order valence-electron chi connectivity index (χ0n) is 14.2. The molecule has 1 heterocycles. The van der Waals surface area contributed by atoms with E-state index in [9.17, 15) is 14.4 Å². The number of hydrogen-bond acceptors (Lipinski definition) is 3. The standard InChI is InChI=1S/C16H21BN4O3/c1-9(2)16(10(3)4)13(22)21(15(24)19-16)20-14(23)18-12-7-5-11(17)6-8-12/h5-10H,1-4H3,(H,19,24)(H2,18,20,23). The van der Waals surface area contributed by atoms with Gasteiger partial charge in [0.1, 0.15) is 13.4 Å². The zero-order chi connectivity index (χ0) is 18.1. The van der Waals surface area contributed by atoms with Gasteiger partial charge < -0.3 is 10.6 Å². The highest BCUT2D eigenvalue weighted by Crippen LogP contribution is 2.32. The molecule has 1 aliphatic rings. The molecule has 0 saturated carbocycles. The Morgan fingerprint density at radius 1 is 1.12 bits per heavy atom. The van der Waals surface area contributed by atoms with Crippen molar-refractivity contribution in [2.75, 3.05) is 5.32 Å². The number of amides is 5. The number of urea groups is 2. The molecule has 0 unspecified atom stereocenters. The Kier molecular flexibility index (Phi) is 4.87. The summed E-state index contributed by atoms with van der Waals surface area (Å²) in [5.74, 6) is -0.716. The molecular weight excluding hydrogens is 307 g/mol. The first-order valence-corrected chi connectivity index (χ1v) is 7.78. The second-order valence-electron chi connectivity index (χ2n) is 6.44. The SMILES string of the molecule is [B]c1ccc(NC(=O)NN2C(=O)NC(C(C)C)(C(C)C)C2=O)cc1. The predicted octanol–water partition coefficient (Wildman–Crippen LogP) is 1.12. The highest BCUT2D eigenvalue weighted by Gasteiger charge is 2.55. The van der Waals surface area contributed by atoms with Crippen molar-refractivity contribution >= 4 is 37.0 Å². The van der Waals surface area contributed by atoms with Crippen LogP contribution in [-0.4, -0.2) is 36.4 Å². The van der Waals surface area contributed by atoms with E-state index in [2.05, 4.69) is 16.1 Å². The maximum Gasteiger partial charge on any atom is 0.344 e. The number of anilines is 1. The van der Waals surface area contributed by atoms with Gasteiger partial charge in [-0.25, -0.2) is 15.0 Å². The van der Waals surface area contributed by atoms with Crippen LogP contribution in [0.15, 0.2) is 24.3 Å². The van der Waals surface area contributed by atoms with Crippen LogP contribution in [0.2, 0.25) is 0 Å². The Labute approximate surface area is 142 Å². The van der Waals surface area contributed by atoms with Gasteiger partial charge in [-0.3, -0.25) is 4.79 Å². The Hall–Kier alpha value is -2.51. The fourth-order valence-corrected chi connectivity index (χ4v) is 2.94.